The molecule has 2 aliphatic heterocycles. The maximum absolute atomic E-state index is 11.8. The van der Waals surface area contributed by atoms with Crippen molar-refractivity contribution in [3.63, 3.8) is 0 Å². The van der Waals surface area contributed by atoms with Gasteiger partial charge in [0, 0.05) is 48.8 Å². The lowest BCUT2D eigenvalue weighted by Gasteiger charge is -2.46. The summed E-state index contributed by atoms with van der Waals surface area (Å²) < 4.78 is 0. The minimum atomic E-state index is -0.848. The van der Waals surface area contributed by atoms with Crippen molar-refractivity contribution in [1.29, 1.82) is 0 Å². The molecule has 1 aromatic heterocycles. The van der Waals surface area contributed by atoms with Crippen molar-refractivity contribution in [2.45, 2.75) is 55.5 Å². The zero-order valence-corrected chi connectivity index (χ0v) is 18.7. The number of nitrogens with one attached hydrogen (secondary N) is 1. The number of carboxylic acids is 1. The second-order valence-electron chi connectivity index (χ2n) is 9.18. The third-order valence-electron chi connectivity index (χ3n) is 7.26. The second-order valence-corrected chi connectivity index (χ2v) is 10.2. The van der Waals surface area contributed by atoms with Gasteiger partial charge in [0.1, 0.15) is 5.03 Å². The minimum Gasteiger partial charge on any atom is -0.550 e. The molecule has 1 saturated heterocycles. The molecule has 3 atom stereocenters. The van der Waals surface area contributed by atoms with Crippen molar-refractivity contribution in [3.05, 3.63) is 36.2 Å². The SMILES string of the molecule is CCC(C(=O)[O-])C1C2CCCCC1CN(Cc1ccc3c(c1)Nc1nccnc1S3)C2. The van der Waals surface area contributed by atoms with Crippen LogP contribution in [0.2, 0.25) is 0 Å². The quantitative estimate of drug-likeness (QED) is 0.652. The van der Waals surface area contributed by atoms with Gasteiger partial charge in [0.15, 0.2) is 5.82 Å². The van der Waals surface area contributed by atoms with E-state index in [-0.39, 0.29) is 11.8 Å². The molecule has 2 aromatic rings. The van der Waals surface area contributed by atoms with E-state index in [1.165, 1.54) is 23.3 Å². The first-order valence-electron chi connectivity index (χ1n) is 11.4. The molecule has 3 aliphatic rings. The van der Waals surface area contributed by atoms with Crippen LogP contribution in [-0.2, 0) is 11.3 Å². The van der Waals surface area contributed by atoms with Gasteiger partial charge in [-0.1, -0.05) is 37.6 Å². The van der Waals surface area contributed by atoms with E-state index in [0.29, 0.717) is 18.3 Å². The maximum atomic E-state index is 11.8. The minimum absolute atomic E-state index is 0.269. The van der Waals surface area contributed by atoms with Crippen LogP contribution in [0.5, 0.6) is 0 Å². The fraction of sp³-hybridized carbons (Fsp3) is 0.542. The van der Waals surface area contributed by atoms with Gasteiger partial charge in [-0.15, -0.1) is 0 Å². The van der Waals surface area contributed by atoms with Crippen LogP contribution >= 0.6 is 11.8 Å². The first-order valence-corrected chi connectivity index (χ1v) is 12.3. The van der Waals surface area contributed by atoms with Crippen LogP contribution in [0.15, 0.2) is 40.5 Å². The van der Waals surface area contributed by atoms with Gasteiger partial charge in [-0.05, 0) is 54.7 Å². The van der Waals surface area contributed by atoms with Crippen LogP contribution < -0.4 is 10.4 Å². The number of hydrogen-bond donors (Lipinski definition) is 1. The first kappa shape index (κ1) is 20.8. The normalized spacial score (nSPS) is 26.2. The number of carbonyl (C=O) groups is 1. The number of rotatable bonds is 5. The maximum Gasteiger partial charge on any atom is 0.163 e. The standard InChI is InChI=1S/C24H30N4O2S/c1-2-18(24(29)30)21-16-5-3-4-6-17(21)14-28(13-16)12-15-7-8-20-19(11-15)27-22-23(31-20)26-10-9-25-22/h7-11,16-18,21H,2-6,12-14H2,1H3,(H,25,27)(H,29,30)/p-1. The molecule has 1 aromatic carbocycles. The largest absolute Gasteiger partial charge is 0.550 e. The number of nitrogens with zero attached hydrogens (tertiary/aromatic N) is 3. The van der Waals surface area contributed by atoms with Gasteiger partial charge in [0.05, 0.1) is 5.69 Å². The van der Waals surface area contributed by atoms with Gasteiger partial charge in [0.2, 0.25) is 0 Å². The second kappa shape index (κ2) is 8.79. The summed E-state index contributed by atoms with van der Waals surface area (Å²) in [7, 11) is 0. The Hall–Kier alpha value is -2.12. The van der Waals surface area contributed by atoms with Gasteiger partial charge >= 0.3 is 0 Å². The van der Waals surface area contributed by atoms with Crippen LogP contribution in [0.1, 0.15) is 44.6 Å². The van der Waals surface area contributed by atoms with Crippen molar-refractivity contribution in [2.24, 2.45) is 23.7 Å². The molecule has 2 bridgehead atoms. The van der Waals surface area contributed by atoms with Gasteiger partial charge in [-0.3, -0.25) is 4.90 Å². The van der Waals surface area contributed by atoms with Crippen LogP contribution in [-0.4, -0.2) is 33.9 Å². The number of benzene rings is 1. The summed E-state index contributed by atoms with van der Waals surface area (Å²) in [5.41, 5.74) is 2.37. The summed E-state index contributed by atoms with van der Waals surface area (Å²) in [6.45, 7) is 4.87. The number of aliphatic carboxylic acids is 1. The molecule has 2 fully saturated rings. The fourth-order valence-electron chi connectivity index (χ4n) is 5.97. The molecule has 3 heterocycles. The van der Waals surface area contributed by atoms with Crippen LogP contribution in [0.25, 0.3) is 0 Å². The van der Waals surface area contributed by atoms with Gasteiger partial charge in [-0.25, -0.2) is 9.97 Å². The molecular weight excluding hydrogens is 408 g/mol. The van der Waals surface area contributed by atoms with Gasteiger partial charge < -0.3 is 15.2 Å². The van der Waals surface area contributed by atoms with Crippen molar-refractivity contribution in [3.8, 4) is 0 Å². The summed E-state index contributed by atoms with van der Waals surface area (Å²) >= 11 is 1.65. The van der Waals surface area contributed by atoms with Crippen LogP contribution in [0.4, 0.5) is 11.5 Å². The predicted octanol–water partition coefficient (Wildman–Crippen LogP) is 3.70. The number of piperidine rings is 1. The molecule has 164 valence electrons. The Balaban J connectivity index is 1.32. The molecule has 0 spiro atoms. The number of likely N-dealkylation sites (tertiary alicyclic amines) is 1. The lowest BCUT2D eigenvalue weighted by molar-refractivity contribution is -0.315. The Labute approximate surface area is 187 Å². The van der Waals surface area contributed by atoms with Crippen molar-refractivity contribution < 1.29 is 9.90 Å². The highest BCUT2D eigenvalue weighted by molar-refractivity contribution is 7.99. The molecule has 1 saturated carbocycles. The molecule has 1 aliphatic carbocycles. The van der Waals surface area contributed by atoms with Crippen LogP contribution in [0, 0.1) is 23.7 Å². The van der Waals surface area contributed by atoms with E-state index in [2.05, 4.69) is 38.4 Å². The fourth-order valence-corrected chi connectivity index (χ4v) is 6.84. The van der Waals surface area contributed by atoms with Crippen molar-refractivity contribution in [1.82, 2.24) is 14.9 Å². The smallest absolute Gasteiger partial charge is 0.163 e. The summed E-state index contributed by atoms with van der Waals surface area (Å²) in [5, 5.41) is 16.2. The monoisotopic (exact) mass is 437 g/mol. The summed E-state index contributed by atoms with van der Waals surface area (Å²) in [6, 6.07) is 6.61. The lowest BCUT2D eigenvalue weighted by Crippen LogP contribution is -2.51. The molecule has 0 amide bonds. The highest BCUT2D eigenvalue weighted by Gasteiger charge is 2.41. The third kappa shape index (κ3) is 4.17. The average molecular weight is 438 g/mol. The number of carbonyl (C=O) groups excluding carboxylic acids is 1. The molecular formula is C24H29N4O2S-. The number of fused-ring (bicyclic) bond motifs is 4. The van der Waals surface area contributed by atoms with E-state index in [1.54, 1.807) is 24.2 Å². The average Bonchev–Trinajstić information content (AvgIpc) is 2.88. The zero-order chi connectivity index (χ0) is 21.4. The summed E-state index contributed by atoms with van der Waals surface area (Å²) in [5.74, 6) is 0.846. The Morgan fingerprint density at radius 2 is 1.97 bits per heavy atom. The van der Waals surface area contributed by atoms with E-state index in [9.17, 15) is 9.90 Å². The highest BCUT2D eigenvalue weighted by atomic mass is 32.2. The number of carboxylic acid groups (broad SMARTS) is 1. The molecule has 7 heteroatoms. The highest BCUT2D eigenvalue weighted by Crippen LogP contribution is 2.45. The molecule has 0 radical (unpaired) electrons. The van der Waals surface area contributed by atoms with E-state index in [4.69, 9.17) is 0 Å². The molecule has 3 unspecified atom stereocenters. The van der Waals surface area contributed by atoms with Crippen molar-refractivity contribution in [2.75, 3.05) is 18.4 Å². The Kier molecular flexibility index (Phi) is 5.89. The number of anilines is 2. The molecule has 31 heavy (non-hydrogen) atoms. The number of aromatic nitrogens is 2. The summed E-state index contributed by atoms with van der Waals surface area (Å²) in [4.78, 5) is 24.3. The predicted molar refractivity (Wildman–Crippen MR) is 119 cm³/mol. The molecule has 5 rings (SSSR count). The Bertz CT molecular complexity index is 952. The molecule has 6 nitrogen and oxygen atoms in total. The van der Waals surface area contributed by atoms with Gasteiger partial charge in [0.25, 0.3) is 0 Å². The lowest BCUT2D eigenvalue weighted by atomic mass is 9.69. The zero-order valence-electron chi connectivity index (χ0n) is 17.9. The van der Waals surface area contributed by atoms with E-state index in [0.717, 1.165) is 49.0 Å². The van der Waals surface area contributed by atoms with Gasteiger partial charge in [-0.2, -0.15) is 0 Å². The van der Waals surface area contributed by atoms with E-state index >= 15 is 0 Å². The third-order valence-corrected chi connectivity index (χ3v) is 8.32. The van der Waals surface area contributed by atoms with Crippen molar-refractivity contribution >= 4 is 29.2 Å². The topological polar surface area (TPSA) is 81.2 Å². The molecule has 1 N–H and O–H groups in total. The first-order chi connectivity index (χ1) is 15.1. The summed E-state index contributed by atoms with van der Waals surface area (Å²) in [6.07, 6.45) is 8.82. The Morgan fingerprint density at radius 1 is 1.23 bits per heavy atom. The van der Waals surface area contributed by atoms with E-state index < -0.39 is 5.97 Å². The van der Waals surface area contributed by atoms with E-state index in [1.807, 2.05) is 6.92 Å². The Morgan fingerprint density at radius 3 is 2.68 bits per heavy atom. The number of hydrogen-bond acceptors (Lipinski definition) is 7. The van der Waals surface area contributed by atoms with Crippen LogP contribution in [0.3, 0.4) is 0 Å².